The molecule has 0 aromatic heterocycles. The molecule has 146 valence electrons. The Hall–Kier alpha value is -2.69. The number of ether oxygens (including phenoxy) is 3. The number of aryl methyl sites for hydroxylation is 1. The quantitative estimate of drug-likeness (QED) is 0.574. The van der Waals surface area contributed by atoms with Crippen LogP contribution in [0.1, 0.15) is 38.7 Å². The number of amides is 1. The van der Waals surface area contributed by atoms with Crippen LogP contribution in [0.15, 0.2) is 42.5 Å². The number of rotatable bonds is 11. The summed E-state index contributed by atoms with van der Waals surface area (Å²) in [6.07, 6.45) is 3.09. The van der Waals surface area contributed by atoms with Gasteiger partial charge < -0.3 is 19.5 Å². The molecule has 0 saturated heterocycles. The van der Waals surface area contributed by atoms with Gasteiger partial charge in [0, 0.05) is 6.42 Å². The third-order valence-electron chi connectivity index (χ3n) is 4.09. The summed E-state index contributed by atoms with van der Waals surface area (Å²) in [6.45, 7) is 5.33. The highest BCUT2D eigenvalue weighted by Crippen LogP contribution is 2.29. The number of anilines is 1. The Morgan fingerprint density at radius 1 is 1.00 bits per heavy atom. The highest BCUT2D eigenvalue weighted by atomic mass is 16.5. The molecule has 1 amide bonds. The van der Waals surface area contributed by atoms with E-state index in [9.17, 15) is 4.79 Å². The predicted molar refractivity (Wildman–Crippen MR) is 108 cm³/mol. The first-order valence-electron chi connectivity index (χ1n) is 9.49. The zero-order chi connectivity index (χ0) is 19.5. The Labute approximate surface area is 161 Å². The lowest BCUT2D eigenvalue weighted by Gasteiger charge is -2.13. The number of hydrogen-bond acceptors (Lipinski definition) is 4. The molecule has 5 nitrogen and oxygen atoms in total. The molecule has 0 bridgehead atoms. The van der Waals surface area contributed by atoms with Crippen LogP contribution in [-0.2, 0) is 11.2 Å². The van der Waals surface area contributed by atoms with Crippen LogP contribution < -0.4 is 19.5 Å². The van der Waals surface area contributed by atoms with Crippen molar-refractivity contribution in [3.8, 4) is 17.2 Å². The van der Waals surface area contributed by atoms with Crippen LogP contribution in [-0.4, -0.2) is 26.2 Å². The van der Waals surface area contributed by atoms with Crippen LogP contribution in [0.4, 0.5) is 5.69 Å². The van der Waals surface area contributed by atoms with E-state index in [0.29, 0.717) is 37.5 Å². The molecule has 0 saturated carbocycles. The Morgan fingerprint density at radius 3 is 2.56 bits per heavy atom. The molecule has 0 aliphatic rings. The molecule has 2 rings (SSSR count). The van der Waals surface area contributed by atoms with E-state index in [0.717, 1.165) is 29.9 Å². The molecule has 2 aromatic rings. The number of nitrogens with one attached hydrogen (secondary N) is 1. The fraction of sp³-hybridized carbons (Fsp3) is 0.409. The zero-order valence-electron chi connectivity index (χ0n) is 16.4. The summed E-state index contributed by atoms with van der Waals surface area (Å²) in [6, 6.07) is 13.3. The van der Waals surface area contributed by atoms with Crippen molar-refractivity contribution in [2.45, 2.75) is 39.5 Å². The second-order valence-corrected chi connectivity index (χ2v) is 6.16. The molecule has 2 aromatic carbocycles. The molecule has 1 N–H and O–H groups in total. The third-order valence-corrected chi connectivity index (χ3v) is 4.09. The van der Waals surface area contributed by atoms with Crippen molar-refractivity contribution in [1.82, 2.24) is 0 Å². The first-order chi connectivity index (χ1) is 13.2. The van der Waals surface area contributed by atoms with Crippen molar-refractivity contribution in [2.24, 2.45) is 0 Å². The normalized spacial score (nSPS) is 10.3. The number of carbonyl (C=O) groups is 1. The highest BCUT2D eigenvalue weighted by molar-refractivity contribution is 5.92. The number of benzene rings is 2. The first kappa shape index (κ1) is 20.6. The minimum Gasteiger partial charge on any atom is -0.495 e. The van der Waals surface area contributed by atoms with Crippen molar-refractivity contribution >= 4 is 11.6 Å². The van der Waals surface area contributed by atoms with Crippen molar-refractivity contribution < 1.29 is 19.0 Å². The van der Waals surface area contributed by atoms with Gasteiger partial charge in [0.15, 0.2) is 11.5 Å². The van der Waals surface area contributed by atoms with E-state index >= 15 is 0 Å². The van der Waals surface area contributed by atoms with Gasteiger partial charge in [-0.05, 0) is 49.6 Å². The summed E-state index contributed by atoms with van der Waals surface area (Å²) in [5.41, 5.74) is 1.72. The molecular formula is C22H29NO4. The van der Waals surface area contributed by atoms with Gasteiger partial charge in [0.25, 0.3) is 0 Å². The van der Waals surface area contributed by atoms with Gasteiger partial charge >= 0.3 is 0 Å². The molecule has 0 unspecified atom stereocenters. The van der Waals surface area contributed by atoms with Gasteiger partial charge in [0.05, 0.1) is 26.0 Å². The van der Waals surface area contributed by atoms with Crippen LogP contribution in [0.5, 0.6) is 17.2 Å². The second-order valence-electron chi connectivity index (χ2n) is 6.16. The monoisotopic (exact) mass is 371 g/mol. The lowest BCUT2D eigenvalue weighted by Crippen LogP contribution is -2.13. The summed E-state index contributed by atoms with van der Waals surface area (Å²) in [4.78, 5) is 12.3. The molecule has 0 aliphatic heterocycles. The van der Waals surface area contributed by atoms with Crippen molar-refractivity contribution in [3.05, 3.63) is 48.0 Å². The smallest absolute Gasteiger partial charge is 0.224 e. The lowest BCUT2D eigenvalue weighted by atomic mass is 10.1. The van der Waals surface area contributed by atoms with Gasteiger partial charge in [-0.3, -0.25) is 4.79 Å². The minimum atomic E-state index is -0.0549. The molecular weight excluding hydrogens is 342 g/mol. The van der Waals surface area contributed by atoms with Crippen LogP contribution >= 0.6 is 0 Å². The molecule has 0 aliphatic carbocycles. The standard InChI is InChI=1S/C22H29NO4/c1-4-6-15-27-20-13-11-17(16-21(20)26-5-2)12-14-22(24)23-18-9-7-8-10-19(18)25-3/h7-11,13,16H,4-6,12,14-15H2,1-3H3,(H,23,24). The van der Waals surface area contributed by atoms with E-state index in [-0.39, 0.29) is 5.91 Å². The summed E-state index contributed by atoms with van der Waals surface area (Å²) < 4.78 is 16.8. The van der Waals surface area contributed by atoms with Crippen LogP contribution in [0.2, 0.25) is 0 Å². The molecule has 27 heavy (non-hydrogen) atoms. The maximum absolute atomic E-state index is 12.3. The maximum Gasteiger partial charge on any atom is 0.224 e. The molecule has 0 spiro atoms. The summed E-state index contributed by atoms with van der Waals surface area (Å²) >= 11 is 0. The van der Waals surface area contributed by atoms with E-state index < -0.39 is 0 Å². The minimum absolute atomic E-state index is 0.0549. The zero-order valence-corrected chi connectivity index (χ0v) is 16.4. The summed E-state index contributed by atoms with van der Waals surface area (Å²) in [5.74, 6) is 2.09. The molecule has 5 heteroatoms. The molecule has 0 fully saturated rings. The van der Waals surface area contributed by atoms with E-state index in [1.807, 2.05) is 49.4 Å². The highest BCUT2D eigenvalue weighted by Gasteiger charge is 2.10. The molecule has 0 atom stereocenters. The third kappa shape index (κ3) is 6.51. The van der Waals surface area contributed by atoms with E-state index in [4.69, 9.17) is 14.2 Å². The van der Waals surface area contributed by atoms with Crippen LogP contribution in [0, 0.1) is 0 Å². The van der Waals surface area contributed by atoms with Gasteiger partial charge in [-0.15, -0.1) is 0 Å². The maximum atomic E-state index is 12.3. The van der Waals surface area contributed by atoms with Gasteiger partial charge in [0.2, 0.25) is 5.91 Å². The molecule has 0 heterocycles. The second kappa shape index (κ2) is 11.1. The van der Waals surface area contributed by atoms with Gasteiger partial charge in [0.1, 0.15) is 5.75 Å². The number of methoxy groups -OCH3 is 1. The summed E-state index contributed by atoms with van der Waals surface area (Å²) in [5, 5.41) is 2.90. The van der Waals surface area contributed by atoms with Gasteiger partial charge in [-0.25, -0.2) is 0 Å². The molecule has 0 radical (unpaired) electrons. The van der Waals surface area contributed by atoms with Gasteiger partial charge in [-0.2, -0.15) is 0 Å². The van der Waals surface area contributed by atoms with Gasteiger partial charge in [-0.1, -0.05) is 31.5 Å². The van der Waals surface area contributed by atoms with E-state index in [2.05, 4.69) is 12.2 Å². The number of para-hydroxylation sites is 2. The summed E-state index contributed by atoms with van der Waals surface area (Å²) in [7, 11) is 1.59. The fourth-order valence-electron chi connectivity index (χ4n) is 2.64. The van der Waals surface area contributed by atoms with Crippen LogP contribution in [0.3, 0.4) is 0 Å². The first-order valence-corrected chi connectivity index (χ1v) is 9.49. The SMILES string of the molecule is CCCCOc1ccc(CCC(=O)Nc2ccccc2OC)cc1OCC. The predicted octanol–water partition coefficient (Wildman–Crippen LogP) is 4.84. The van der Waals surface area contributed by atoms with Crippen molar-refractivity contribution in [1.29, 1.82) is 0 Å². The van der Waals surface area contributed by atoms with Crippen LogP contribution in [0.25, 0.3) is 0 Å². The number of hydrogen-bond donors (Lipinski definition) is 1. The average molecular weight is 371 g/mol. The number of unbranched alkanes of at least 4 members (excludes halogenated alkanes) is 1. The number of carbonyl (C=O) groups excluding carboxylic acids is 1. The van der Waals surface area contributed by atoms with Crippen molar-refractivity contribution in [3.63, 3.8) is 0 Å². The Bertz CT molecular complexity index is 730. The van der Waals surface area contributed by atoms with E-state index in [1.54, 1.807) is 7.11 Å². The average Bonchev–Trinajstić information content (AvgIpc) is 2.68. The Balaban J connectivity index is 1.96. The van der Waals surface area contributed by atoms with Crippen molar-refractivity contribution in [2.75, 3.05) is 25.6 Å². The lowest BCUT2D eigenvalue weighted by molar-refractivity contribution is -0.116. The Kier molecular flexibility index (Phi) is 8.49. The van der Waals surface area contributed by atoms with E-state index in [1.165, 1.54) is 0 Å². The topological polar surface area (TPSA) is 56.8 Å². The largest absolute Gasteiger partial charge is 0.495 e. The fourth-order valence-corrected chi connectivity index (χ4v) is 2.64. The Morgan fingerprint density at radius 2 is 1.81 bits per heavy atom.